The normalized spacial score (nSPS) is 11.7. The van der Waals surface area contributed by atoms with Crippen LogP contribution in [0, 0.1) is 6.92 Å². The second-order valence-electron chi connectivity index (χ2n) is 2.95. The maximum absolute atomic E-state index is 11.9. The van der Waals surface area contributed by atoms with Crippen LogP contribution < -0.4 is 4.13 Å². The van der Waals surface area contributed by atoms with Gasteiger partial charge in [-0.1, -0.05) is 31.5 Å². The molecule has 0 atom stereocenters. The molecular formula is C10H14F3NO2S2. The predicted octanol–water partition coefficient (Wildman–Crippen LogP) is 3.47. The first-order valence-electron chi connectivity index (χ1n) is 5.04. The van der Waals surface area contributed by atoms with Crippen LogP contribution in [-0.4, -0.2) is 13.9 Å². The van der Waals surface area contributed by atoms with Gasteiger partial charge in [-0.15, -0.1) is 4.13 Å². The van der Waals surface area contributed by atoms with Crippen LogP contribution in [0.15, 0.2) is 29.2 Å². The highest BCUT2D eigenvalue weighted by Gasteiger charge is 2.45. The lowest BCUT2D eigenvalue weighted by molar-refractivity contribution is -0.0440. The van der Waals surface area contributed by atoms with Crippen molar-refractivity contribution in [3.63, 3.8) is 0 Å². The Balaban J connectivity index is 0.00000137. The quantitative estimate of drug-likeness (QED) is 0.870. The van der Waals surface area contributed by atoms with Crippen molar-refractivity contribution in [1.82, 2.24) is 4.13 Å². The second kappa shape index (κ2) is 7.01. The third-order valence-electron chi connectivity index (χ3n) is 1.59. The molecule has 0 heterocycles. The fourth-order valence-corrected chi connectivity index (χ4v) is 2.23. The van der Waals surface area contributed by atoms with Crippen molar-refractivity contribution in [2.75, 3.05) is 0 Å². The molecule has 0 amide bonds. The van der Waals surface area contributed by atoms with Gasteiger partial charge in [0.05, 0.1) is 0 Å². The number of nitrogens with one attached hydrogen (secondary N) is 1. The molecule has 0 fully saturated rings. The Morgan fingerprint density at radius 2 is 1.56 bits per heavy atom. The van der Waals surface area contributed by atoms with Gasteiger partial charge in [0.1, 0.15) is 0 Å². The highest BCUT2D eigenvalue weighted by Crippen LogP contribution is 2.25. The summed E-state index contributed by atoms with van der Waals surface area (Å²) in [5.74, 6) is 0. The average Bonchev–Trinajstić information content (AvgIpc) is 2.29. The molecule has 1 rings (SSSR count). The van der Waals surface area contributed by atoms with E-state index in [1.165, 1.54) is 16.3 Å². The summed E-state index contributed by atoms with van der Waals surface area (Å²) >= 11 is 0.405. The molecule has 1 aromatic rings. The number of hydrogen-bond acceptors (Lipinski definition) is 3. The number of aryl methyl sites for hydroxylation is 1. The lowest BCUT2D eigenvalue weighted by atomic mass is 10.2. The molecule has 0 aromatic heterocycles. The van der Waals surface area contributed by atoms with Gasteiger partial charge in [0.25, 0.3) is 0 Å². The molecule has 0 bridgehead atoms. The van der Waals surface area contributed by atoms with Crippen molar-refractivity contribution in [1.29, 1.82) is 0 Å². The first kappa shape index (κ1) is 17.3. The summed E-state index contributed by atoms with van der Waals surface area (Å²) in [6.07, 6.45) is 0. The summed E-state index contributed by atoms with van der Waals surface area (Å²) in [7, 11) is -5.29. The van der Waals surface area contributed by atoms with Gasteiger partial charge in [0.15, 0.2) is 0 Å². The van der Waals surface area contributed by atoms with E-state index in [0.29, 0.717) is 16.8 Å². The lowest BCUT2D eigenvalue weighted by Crippen LogP contribution is -2.32. The Morgan fingerprint density at radius 1 is 1.11 bits per heavy atom. The predicted molar refractivity (Wildman–Crippen MR) is 66.5 cm³/mol. The van der Waals surface area contributed by atoms with Gasteiger partial charge < -0.3 is 0 Å². The second-order valence-corrected chi connectivity index (χ2v) is 5.76. The average molecular weight is 301 g/mol. The Morgan fingerprint density at radius 3 is 1.94 bits per heavy atom. The van der Waals surface area contributed by atoms with Gasteiger partial charge in [0, 0.05) is 4.90 Å². The van der Waals surface area contributed by atoms with Crippen molar-refractivity contribution in [3.8, 4) is 0 Å². The zero-order valence-electron chi connectivity index (χ0n) is 10.1. The van der Waals surface area contributed by atoms with Gasteiger partial charge >= 0.3 is 15.5 Å². The molecule has 0 aliphatic rings. The van der Waals surface area contributed by atoms with Crippen LogP contribution in [0.5, 0.6) is 0 Å². The summed E-state index contributed by atoms with van der Waals surface area (Å²) in [5, 5.41) is 0. The Kier molecular flexibility index (Phi) is 6.72. The zero-order chi connectivity index (χ0) is 14.4. The van der Waals surface area contributed by atoms with Crippen LogP contribution in [-0.2, 0) is 10.0 Å². The van der Waals surface area contributed by atoms with Crippen LogP contribution in [0.4, 0.5) is 13.2 Å². The van der Waals surface area contributed by atoms with Crippen LogP contribution >= 0.6 is 11.9 Å². The minimum absolute atomic E-state index is 0.387. The maximum Gasteiger partial charge on any atom is 0.512 e. The maximum atomic E-state index is 11.9. The van der Waals surface area contributed by atoms with E-state index >= 15 is 0 Å². The molecule has 0 saturated heterocycles. The molecule has 8 heteroatoms. The van der Waals surface area contributed by atoms with Crippen molar-refractivity contribution in [3.05, 3.63) is 29.8 Å². The van der Waals surface area contributed by atoms with Crippen LogP contribution in [0.3, 0.4) is 0 Å². The fraction of sp³-hybridized carbons (Fsp3) is 0.400. The highest BCUT2D eigenvalue weighted by atomic mass is 32.3. The number of halogens is 3. The molecule has 104 valence electrons. The van der Waals surface area contributed by atoms with Gasteiger partial charge in [0.2, 0.25) is 0 Å². The third kappa shape index (κ3) is 5.28. The van der Waals surface area contributed by atoms with E-state index in [9.17, 15) is 21.6 Å². The van der Waals surface area contributed by atoms with Gasteiger partial charge in [-0.3, -0.25) is 0 Å². The zero-order valence-corrected chi connectivity index (χ0v) is 11.7. The lowest BCUT2D eigenvalue weighted by Gasteiger charge is -2.08. The van der Waals surface area contributed by atoms with Crippen LogP contribution in [0.2, 0.25) is 0 Å². The van der Waals surface area contributed by atoms with Crippen molar-refractivity contribution < 1.29 is 21.6 Å². The minimum Gasteiger partial charge on any atom is -0.202 e. The molecule has 0 aliphatic heterocycles. The molecule has 0 spiro atoms. The number of alkyl halides is 3. The smallest absolute Gasteiger partial charge is 0.202 e. The molecule has 0 aliphatic carbocycles. The summed E-state index contributed by atoms with van der Waals surface area (Å²) in [4.78, 5) is 0.387. The SMILES string of the molecule is CC.Cc1ccc(SNS(=O)(=O)C(F)(F)F)cc1. The minimum atomic E-state index is -5.29. The first-order valence-corrected chi connectivity index (χ1v) is 7.34. The Bertz CT molecular complexity index is 455. The molecule has 3 nitrogen and oxygen atoms in total. The molecule has 0 saturated carbocycles. The molecule has 1 aromatic carbocycles. The van der Waals surface area contributed by atoms with E-state index < -0.39 is 15.5 Å². The summed E-state index contributed by atoms with van der Waals surface area (Å²) in [6.45, 7) is 5.81. The Hall–Kier alpha value is -0.730. The summed E-state index contributed by atoms with van der Waals surface area (Å²) < 4.78 is 58.5. The summed E-state index contributed by atoms with van der Waals surface area (Å²) in [6, 6.07) is 6.40. The molecule has 1 N–H and O–H groups in total. The van der Waals surface area contributed by atoms with E-state index in [2.05, 4.69) is 0 Å². The number of hydrogen-bond donors (Lipinski definition) is 1. The number of benzene rings is 1. The van der Waals surface area contributed by atoms with Crippen LogP contribution in [0.1, 0.15) is 19.4 Å². The molecule has 0 unspecified atom stereocenters. The number of rotatable bonds is 3. The number of sulfonamides is 1. The van der Waals surface area contributed by atoms with E-state index in [0.717, 1.165) is 5.56 Å². The van der Waals surface area contributed by atoms with Crippen molar-refractivity contribution in [2.24, 2.45) is 0 Å². The van der Waals surface area contributed by atoms with Gasteiger partial charge in [-0.25, -0.2) is 8.42 Å². The van der Waals surface area contributed by atoms with Crippen LogP contribution in [0.25, 0.3) is 0 Å². The van der Waals surface area contributed by atoms with E-state index in [-0.39, 0.29) is 0 Å². The fourth-order valence-electron chi connectivity index (χ4n) is 0.757. The summed E-state index contributed by atoms with van der Waals surface area (Å²) in [5.41, 5.74) is -4.35. The van der Waals surface area contributed by atoms with E-state index in [1.807, 2.05) is 20.8 Å². The highest BCUT2D eigenvalue weighted by molar-refractivity contribution is 8.09. The monoisotopic (exact) mass is 301 g/mol. The molecule has 0 radical (unpaired) electrons. The molecular weight excluding hydrogens is 287 g/mol. The van der Waals surface area contributed by atoms with Crippen molar-refractivity contribution in [2.45, 2.75) is 31.2 Å². The topological polar surface area (TPSA) is 46.2 Å². The Labute approximate surface area is 109 Å². The van der Waals surface area contributed by atoms with E-state index in [1.54, 1.807) is 12.1 Å². The first-order chi connectivity index (χ1) is 8.22. The van der Waals surface area contributed by atoms with Gasteiger partial charge in [-0.05, 0) is 31.0 Å². The van der Waals surface area contributed by atoms with Crippen molar-refractivity contribution >= 4 is 22.0 Å². The standard InChI is InChI=1S/C8H8F3NO2S2.C2H6/c1-6-2-4-7(5-3-6)15-12-16(13,14)8(9,10)11;1-2/h2-5,12H,1H3;1-2H3. The van der Waals surface area contributed by atoms with E-state index in [4.69, 9.17) is 0 Å². The van der Waals surface area contributed by atoms with Gasteiger partial charge in [-0.2, -0.15) is 13.2 Å². The molecule has 18 heavy (non-hydrogen) atoms. The third-order valence-corrected chi connectivity index (χ3v) is 3.92. The largest absolute Gasteiger partial charge is 0.512 e.